The largest absolute Gasteiger partial charge is 0.459 e. The highest BCUT2D eigenvalue weighted by Crippen LogP contribution is 2.32. The zero-order valence-corrected chi connectivity index (χ0v) is 15.2. The normalized spacial score (nSPS) is 18.3. The van der Waals surface area contributed by atoms with Gasteiger partial charge in [-0.3, -0.25) is 4.90 Å². The van der Waals surface area contributed by atoms with Gasteiger partial charge in [-0.2, -0.15) is 0 Å². The molecule has 0 aliphatic carbocycles. The Balaban J connectivity index is 1.82. The van der Waals surface area contributed by atoms with Crippen molar-refractivity contribution in [2.75, 3.05) is 6.54 Å². The third-order valence-corrected chi connectivity index (χ3v) is 4.75. The fourth-order valence-corrected chi connectivity index (χ4v) is 3.59. The molecule has 3 rings (SSSR count). The highest BCUT2D eigenvalue weighted by Gasteiger charge is 2.25. The quantitative estimate of drug-likeness (QED) is 0.721. The van der Waals surface area contributed by atoms with Gasteiger partial charge in [0.1, 0.15) is 0 Å². The molecule has 1 aliphatic rings. The molecule has 0 saturated carbocycles. The third-order valence-electron chi connectivity index (χ3n) is 4.75. The third kappa shape index (κ3) is 4.49. The Labute approximate surface area is 150 Å². The number of likely N-dealkylation sites (tertiary alicyclic amines) is 1. The molecule has 1 saturated heterocycles. The summed E-state index contributed by atoms with van der Waals surface area (Å²) in [6, 6.07) is 19.0. The lowest BCUT2D eigenvalue weighted by Crippen LogP contribution is -2.33. The van der Waals surface area contributed by atoms with Gasteiger partial charge in [0, 0.05) is 12.6 Å². The van der Waals surface area contributed by atoms with Gasteiger partial charge >= 0.3 is 5.97 Å². The van der Waals surface area contributed by atoms with Gasteiger partial charge in [-0.05, 0) is 50.4 Å². The monoisotopic (exact) mass is 337 g/mol. The van der Waals surface area contributed by atoms with Crippen molar-refractivity contribution in [2.24, 2.45) is 0 Å². The average Bonchev–Trinajstić information content (AvgIpc) is 2.63. The molecule has 0 radical (unpaired) electrons. The number of rotatable bonds is 5. The molecular weight excluding hydrogens is 310 g/mol. The van der Waals surface area contributed by atoms with E-state index in [0.29, 0.717) is 11.6 Å². The topological polar surface area (TPSA) is 29.5 Å². The second-order valence-electron chi connectivity index (χ2n) is 7.00. The van der Waals surface area contributed by atoms with Gasteiger partial charge in [0.25, 0.3) is 0 Å². The fourth-order valence-electron chi connectivity index (χ4n) is 3.59. The summed E-state index contributed by atoms with van der Waals surface area (Å²) in [5.41, 5.74) is 3.11. The Morgan fingerprint density at radius 3 is 2.56 bits per heavy atom. The Morgan fingerprint density at radius 1 is 1.08 bits per heavy atom. The van der Waals surface area contributed by atoms with E-state index in [2.05, 4.69) is 35.2 Å². The number of nitrogens with zero attached hydrogens (tertiary/aromatic N) is 1. The zero-order chi connectivity index (χ0) is 17.6. The first-order chi connectivity index (χ1) is 12.1. The summed E-state index contributed by atoms with van der Waals surface area (Å²) >= 11 is 0. The van der Waals surface area contributed by atoms with Crippen molar-refractivity contribution in [2.45, 2.75) is 51.8 Å². The zero-order valence-electron chi connectivity index (χ0n) is 15.2. The molecule has 2 aromatic rings. The molecular formula is C22H27NO2. The van der Waals surface area contributed by atoms with Crippen molar-refractivity contribution in [1.29, 1.82) is 0 Å². The summed E-state index contributed by atoms with van der Waals surface area (Å²) in [6.07, 6.45) is 3.53. The van der Waals surface area contributed by atoms with E-state index in [1.165, 1.54) is 24.8 Å². The van der Waals surface area contributed by atoms with Crippen LogP contribution in [-0.2, 0) is 11.3 Å². The number of ether oxygens (including phenoxy) is 1. The van der Waals surface area contributed by atoms with Crippen LogP contribution in [0.4, 0.5) is 0 Å². The minimum absolute atomic E-state index is 0.104. The molecule has 0 bridgehead atoms. The molecule has 1 atom stereocenters. The first-order valence-corrected chi connectivity index (χ1v) is 9.23. The van der Waals surface area contributed by atoms with Crippen LogP contribution in [0.15, 0.2) is 54.6 Å². The lowest BCUT2D eigenvalue weighted by Gasteiger charge is -2.36. The smallest absolute Gasteiger partial charge is 0.338 e. The maximum atomic E-state index is 12.4. The van der Waals surface area contributed by atoms with Crippen LogP contribution in [0.5, 0.6) is 0 Å². The van der Waals surface area contributed by atoms with Crippen molar-refractivity contribution in [1.82, 2.24) is 4.90 Å². The molecule has 3 heteroatoms. The molecule has 0 amide bonds. The molecule has 0 spiro atoms. The summed E-state index contributed by atoms with van der Waals surface area (Å²) in [5.74, 6) is -0.223. The number of carbonyl (C=O) groups excluding carboxylic acids is 1. The molecule has 2 aromatic carbocycles. The number of esters is 1. The van der Waals surface area contributed by atoms with E-state index in [0.717, 1.165) is 18.7 Å². The molecule has 1 aliphatic heterocycles. The Bertz CT molecular complexity index is 696. The van der Waals surface area contributed by atoms with E-state index in [4.69, 9.17) is 4.74 Å². The molecule has 0 N–H and O–H groups in total. The maximum absolute atomic E-state index is 12.4. The first-order valence-electron chi connectivity index (χ1n) is 9.23. The second-order valence-corrected chi connectivity index (χ2v) is 7.00. The van der Waals surface area contributed by atoms with E-state index < -0.39 is 0 Å². The predicted octanol–water partition coefficient (Wildman–Crippen LogP) is 4.98. The molecule has 132 valence electrons. The number of hydrogen-bond donors (Lipinski definition) is 0. The first kappa shape index (κ1) is 17.7. The van der Waals surface area contributed by atoms with Crippen LogP contribution >= 0.6 is 0 Å². The van der Waals surface area contributed by atoms with Crippen LogP contribution in [0.1, 0.15) is 60.6 Å². The summed E-state index contributed by atoms with van der Waals surface area (Å²) in [5, 5.41) is 0. The van der Waals surface area contributed by atoms with E-state index in [-0.39, 0.29) is 12.1 Å². The van der Waals surface area contributed by atoms with Crippen LogP contribution in [0, 0.1) is 0 Å². The lowest BCUT2D eigenvalue weighted by molar-refractivity contribution is 0.0374. The summed E-state index contributed by atoms with van der Waals surface area (Å²) in [4.78, 5) is 14.9. The van der Waals surface area contributed by atoms with Crippen LogP contribution in [0.3, 0.4) is 0 Å². The number of carbonyl (C=O) groups is 1. The van der Waals surface area contributed by atoms with Gasteiger partial charge < -0.3 is 4.74 Å². The van der Waals surface area contributed by atoms with E-state index in [1.807, 2.05) is 38.1 Å². The molecule has 0 aromatic heterocycles. The average molecular weight is 337 g/mol. The predicted molar refractivity (Wildman–Crippen MR) is 100 cm³/mol. The van der Waals surface area contributed by atoms with Gasteiger partial charge in [0.05, 0.1) is 11.7 Å². The molecule has 25 heavy (non-hydrogen) atoms. The minimum Gasteiger partial charge on any atom is -0.459 e. The summed E-state index contributed by atoms with van der Waals surface area (Å²) in [7, 11) is 0. The van der Waals surface area contributed by atoms with Crippen LogP contribution in [0.2, 0.25) is 0 Å². The fraction of sp³-hybridized carbons (Fsp3) is 0.409. The number of benzene rings is 2. The van der Waals surface area contributed by atoms with Gasteiger partial charge in [-0.15, -0.1) is 0 Å². The molecule has 0 unspecified atom stereocenters. The van der Waals surface area contributed by atoms with Gasteiger partial charge in [0.2, 0.25) is 0 Å². The van der Waals surface area contributed by atoms with E-state index in [1.54, 1.807) is 0 Å². The van der Waals surface area contributed by atoms with Gasteiger partial charge in [-0.25, -0.2) is 4.79 Å². The SMILES string of the molecule is CC(C)OC(=O)c1ccccc1CN1CCCC[C@H]1c1ccccc1. The minimum atomic E-state index is -0.223. The number of piperidine rings is 1. The molecule has 1 fully saturated rings. The highest BCUT2D eigenvalue weighted by molar-refractivity contribution is 5.91. The summed E-state index contributed by atoms with van der Waals surface area (Å²) < 4.78 is 5.42. The van der Waals surface area contributed by atoms with Crippen LogP contribution < -0.4 is 0 Å². The van der Waals surface area contributed by atoms with Crippen LogP contribution in [0.25, 0.3) is 0 Å². The second kappa shape index (κ2) is 8.30. The van der Waals surface area contributed by atoms with Crippen LogP contribution in [-0.4, -0.2) is 23.5 Å². The van der Waals surface area contributed by atoms with Crippen molar-refractivity contribution in [3.63, 3.8) is 0 Å². The Hall–Kier alpha value is -2.13. The summed E-state index contributed by atoms with van der Waals surface area (Å²) in [6.45, 7) is 5.61. The van der Waals surface area contributed by atoms with E-state index in [9.17, 15) is 4.79 Å². The van der Waals surface area contributed by atoms with Gasteiger partial charge in [0.15, 0.2) is 0 Å². The molecule has 3 nitrogen and oxygen atoms in total. The lowest BCUT2D eigenvalue weighted by atomic mass is 9.94. The van der Waals surface area contributed by atoms with Gasteiger partial charge in [-0.1, -0.05) is 55.0 Å². The van der Waals surface area contributed by atoms with E-state index >= 15 is 0 Å². The maximum Gasteiger partial charge on any atom is 0.338 e. The number of hydrogen-bond acceptors (Lipinski definition) is 3. The van der Waals surface area contributed by atoms with Crippen molar-refractivity contribution >= 4 is 5.97 Å². The standard InChI is InChI=1S/C22H27NO2/c1-17(2)25-22(24)20-13-7-6-12-19(20)16-23-15-9-8-14-21(23)18-10-4-3-5-11-18/h3-7,10-13,17,21H,8-9,14-16H2,1-2H3/t21-/m0/s1. The highest BCUT2D eigenvalue weighted by atomic mass is 16.5. The van der Waals surface area contributed by atoms with Crippen molar-refractivity contribution in [3.05, 3.63) is 71.3 Å². The van der Waals surface area contributed by atoms with Crippen molar-refractivity contribution in [3.8, 4) is 0 Å². The molecule has 1 heterocycles. The Kier molecular flexibility index (Phi) is 5.87. The van der Waals surface area contributed by atoms with Crippen molar-refractivity contribution < 1.29 is 9.53 Å². The Morgan fingerprint density at radius 2 is 1.80 bits per heavy atom.